The van der Waals surface area contributed by atoms with Crippen LogP contribution >= 0.6 is 11.3 Å². The molecule has 2 aromatic rings. The lowest BCUT2D eigenvalue weighted by Gasteiger charge is -2.28. The molecule has 1 aliphatic rings. The number of likely N-dealkylation sites (tertiary alicyclic amines) is 1. The minimum Gasteiger partial charge on any atom is -0.334 e. The molecule has 0 unspecified atom stereocenters. The second-order valence-electron chi connectivity index (χ2n) is 4.78. The summed E-state index contributed by atoms with van der Waals surface area (Å²) in [5.74, 6) is 1.52. The van der Waals surface area contributed by atoms with Crippen molar-refractivity contribution < 1.29 is 9.32 Å². The first-order chi connectivity index (χ1) is 9.35. The largest absolute Gasteiger partial charge is 0.334 e. The van der Waals surface area contributed by atoms with Crippen LogP contribution in [0.25, 0.3) is 11.5 Å². The van der Waals surface area contributed by atoms with Gasteiger partial charge < -0.3 is 9.32 Å². The summed E-state index contributed by atoms with van der Waals surface area (Å²) in [7, 11) is 0. The minimum atomic E-state index is 0.225. The van der Waals surface area contributed by atoms with Crippen molar-refractivity contribution in [2.24, 2.45) is 5.92 Å². The Morgan fingerprint density at radius 3 is 3.00 bits per heavy atom. The molecule has 0 aliphatic carbocycles. The van der Waals surface area contributed by atoms with Gasteiger partial charge in [-0.1, -0.05) is 5.16 Å². The predicted molar refractivity (Wildman–Crippen MR) is 71.7 cm³/mol. The highest BCUT2D eigenvalue weighted by molar-refractivity contribution is 7.08. The summed E-state index contributed by atoms with van der Waals surface area (Å²) in [5.41, 5.74) is 0.975. The molecular formula is C13H15N3O2S. The molecule has 19 heavy (non-hydrogen) atoms. The van der Waals surface area contributed by atoms with E-state index in [-0.39, 0.29) is 5.92 Å². The Kier molecular flexibility index (Phi) is 3.70. The first kappa shape index (κ1) is 12.5. The van der Waals surface area contributed by atoms with Gasteiger partial charge in [-0.05, 0) is 37.4 Å². The molecule has 0 bridgehead atoms. The van der Waals surface area contributed by atoms with Gasteiger partial charge in [-0.25, -0.2) is 0 Å². The van der Waals surface area contributed by atoms with Gasteiger partial charge in [0.15, 0.2) is 5.82 Å². The molecule has 0 spiro atoms. The Labute approximate surface area is 115 Å². The summed E-state index contributed by atoms with van der Waals surface area (Å²) in [6.07, 6.45) is 2.93. The first-order valence-corrected chi connectivity index (χ1v) is 7.32. The quantitative estimate of drug-likeness (QED) is 0.802. The van der Waals surface area contributed by atoms with Crippen LogP contribution in [0.2, 0.25) is 0 Å². The van der Waals surface area contributed by atoms with Crippen molar-refractivity contribution in [1.29, 1.82) is 0 Å². The number of rotatable bonds is 4. The lowest BCUT2D eigenvalue weighted by atomic mass is 9.99. The van der Waals surface area contributed by atoms with Crippen LogP contribution in [0.1, 0.15) is 18.7 Å². The fraction of sp³-hybridized carbons (Fsp3) is 0.462. The summed E-state index contributed by atoms with van der Waals surface area (Å²) in [5, 5.41) is 8.00. The second kappa shape index (κ2) is 5.63. The van der Waals surface area contributed by atoms with Crippen LogP contribution < -0.4 is 0 Å². The number of piperidine rings is 1. The van der Waals surface area contributed by atoms with Crippen LogP contribution in [0.15, 0.2) is 21.3 Å². The topological polar surface area (TPSA) is 59.2 Å². The Morgan fingerprint density at radius 1 is 1.47 bits per heavy atom. The maximum Gasteiger partial charge on any atom is 0.258 e. The smallest absolute Gasteiger partial charge is 0.258 e. The number of nitrogens with zero attached hydrogens (tertiary/aromatic N) is 3. The normalized spacial score (nSPS) is 17.7. The van der Waals surface area contributed by atoms with Crippen LogP contribution in [0.3, 0.4) is 0 Å². The lowest BCUT2D eigenvalue weighted by molar-refractivity contribution is -0.112. The Morgan fingerprint density at radius 2 is 2.32 bits per heavy atom. The van der Waals surface area contributed by atoms with Gasteiger partial charge in [0.1, 0.15) is 6.29 Å². The van der Waals surface area contributed by atoms with E-state index >= 15 is 0 Å². The molecular weight excluding hydrogens is 262 g/mol. The molecule has 0 radical (unpaired) electrons. The maximum atomic E-state index is 10.7. The number of aromatic nitrogens is 2. The summed E-state index contributed by atoms with van der Waals surface area (Å²) in [6.45, 7) is 2.54. The Bertz CT molecular complexity index is 530. The molecule has 1 fully saturated rings. The number of hydrogen-bond donors (Lipinski definition) is 0. The van der Waals surface area contributed by atoms with Gasteiger partial charge in [0.05, 0.1) is 12.1 Å². The Balaban J connectivity index is 1.60. The zero-order chi connectivity index (χ0) is 13.1. The van der Waals surface area contributed by atoms with Gasteiger partial charge in [0.25, 0.3) is 5.89 Å². The summed E-state index contributed by atoms with van der Waals surface area (Å²) >= 11 is 1.61. The molecule has 0 N–H and O–H groups in total. The van der Waals surface area contributed by atoms with Crippen LogP contribution in [-0.4, -0.2) is 34.4 Å². The van der Waals surface area contributed by atoms with Crippen molar-refractivity contribution >= 4 is 17.6 Å². The molecule has 100 valence electrons. The molecule has 6 heteroatoms. The van der Waals surface area contributed by atoms with E-state index in [9.17, 15) is 4.79 Å². The third kappa shape index (κ3) is 2.90. The SMILES string of the molecule is O=CC1CCN(Cc2noc(-c3ccsc3)n2)CC1. The number of aldehydes is 1. The van der Waals surface area contributed by atoms with E-state index in [2.05, 4.69) is 15.0 Å². The van der Waals surface area contributed by atoms with E-state index in [1.165, 1.54) is 0 Å². The zero-order valence-corrected chi connectivity index (χ0v) is 11.3. The molecule has 1 saturated heterocycles. The third-order valence-electron chi connectivity index (χ3n) is 3.43. The summed E-state index contributed by atoms with van der Waals surface area (Å²) < 4.78 is 5.26. The highest BCUT2D eigenvalue weighted by Gasteiger charge is 2.20. The van der Waals surface area contributed by atoms with Crippen molar-refractivity contribution in [3.8, 4) is 11.5 Å². The van der Waals surface area contributed by atoms with Crippen LogP contribution in [0, 0.1) is 5.92 Å². The average molecular weight is 277 g/mol. The highest BCUT2D eigenvalue weighted by atomic mass is 32.1. The van der Waals surface area contributed by atoms with E-state index in [1.807, 2.05) is 16.8 Å². The minimum absolute atomic E-state index is 0.225. The van der Waals surface area contributed by atoms with Crippen molar-refractivity contribution in [3.05, 3.63) is 22.7 Å². The monoisotopic (exact) mass is 277 g/mol. The summed E-state index contributed by atoms with van der Waals surface area (Å²) in [4.78, 5) is 17.4. The van der Waals surface area contributed by atoms with Gasteiger partial charge in [-0.3, -0.25) is 4.90 Å². The highest BCUT2D eigenvalue weighted by Crippen LogP contribution is 2.21. The van der Waals surface area contributed by atoms with Gasteiger partial charge in [0, 0.05) is 11.3 Å². The number of thiophene rings is 1. The van der Waals surface area contributed by atoms with E-state index in [1.54, 1.807) is 11.3 Å². The molecule has 2 aromatic heterocycles. The molecule has 0 atom stereocenters. The first-order valence-electron chi connectivity index (χ1n) is 6.38. The number of carbonyl (C=O) groups is 1. The fourth-order valence-corrected chi connectivity index (χ4v) is 2.90. The van der Waals surface area contributed by atoms with Gasteiger partial charge >= 0.3 is 0 Å². The van der Waals surface area contributed by atoms with Crippen molar-refractivity contribution in [2.45, 2.75) is 19.4 Å². The molecule has 1 aliphatic heterocycles. The molecule has 0 saturated carbocycles. The maximum absolute atomic E-state index is 10.7. The van der Waals surface area contributed by atoms with Gasteiger partial charge in [-0.15, -0.1) is 0 Å². The third-order valence-corrected chi connectivity index (χ3v) is 4.11. The van der Waals surface area contributed by atoms with E-state index < -0.39 is 0 Å². The molecule has 0 aromatic carbocycles. The molecule has 0 amide bonds. The van der Waals surface area contributed by atoms with E-state index in [0.717, 1.165) is 37.8 Å². The number of hydrogen-bond acceptors (Lipinski definition) is 6. The van der Waals surface area contributed by atoms with E-state index in [4.69, 9.17) is 4.52 Å². The standard InChI is InChI=1S/C13H15N3O2S/c17-8-10-1-4-16(5-2-10)7-12-14-13(18-15-12)11-3-6-19-9-11/h3,6,8-10H,1-2,4-5,7H2. The molecule has 3 rings (SSSR count). The zero-order valence-electron chi connectivity index (χ0n) is 10.5. The summed E-state index contributed by atoms with van der Waals surface area (Å²) in [6, 6.07) is 1.97. The predicted octanol–water partition coefficient (Wildman–Crippen LogP) is 2.21. The van der Waals surface area contributed by atoms with Crippen molar-refractivity contribution in [3.63, 3.8) is 0 Å². The fourth-order valence-electron chi connectivity index (χ4n) is 2.27. The molecule has 5 nitrogen and oxygen atoms in total. The van der Waals surface area contributed by atoms with Crippen LogP contribution in [-0.2, 0) is 11.3 Å². The van der Waals surface area contributed by atoms with Crippen LogP contribution in [0.5, 0.6) is 0 Å². The van der Waals surface area contributed by atoms with Gasteiger partial charge in [-0.2, -0.15) is 16.3 Å². The van der Waals surface area contributed by atoms with Crippen LogP contribution in [0.4, 0.5) is 0 Å². The average Bonchev–Trinajstić information content (AvgIpc) is 3.10. The van der Waals surface area contributed by atoms with E-state index in [0.29, 0.717) is 18.3 Å². The Hall–Kier alpha value is -1.53. The van der Waals surface area contributed by atoms with Gasteiger partial charge in [0.2, 0.25) is 0 Å². The lowest BCUT2D eigenvalue weighted by Crippen LogP contribution is -2.33. The molecule has 3 heterocycles. The van der Waals surface area contributed by atoms with Crippen molar-refractivity contribution in [2.75, 3.05) is 13.1 Å². The van der Waals surface area contributed by atoms with Crippen molar-refractivity contribution in [1.82, 2.24) is 15.0 Å². The number of carbonyl (C=O) groups excluding carboxylic acids is 1. The second-order valence-corrected chi connectivity index (χ2v) is 5.56.